The highest BCUT2D eigenvalue weighted by molar-refractivity contribution is 6.78. The summed E-state index contributed by atoms with van der Waals surface area (Å²) in [6, 6.07) is 6.50. The molecule has 4 nitrogen and oxygen atoms in total. The molecule has 2 aromatic carbocycles. The van der Waals surface area contributed by atoms with E-state index in [4.69, 9.17) is 13.9 Å². The highest BCUT2D eigenvalue weighted by Gasteiger charge is 2.47. The van der Waals surface area contributed by atoms with Gasteiger partial charge in [0.25, 0.3) is 8.32 Å². The maximum absolute atomic E-state index is 7.03. The van der Waals surface area contributed by atoms with Gasteiger partial charge in [-0.05, 0) is 73.3 Å². The smallest absolute Gasteiger partial charge is 0.258 e. The Labute approximate surface area is 199 Å². The van der Waals surface area contributed by atoms with E-state index in [1.54, 1.807) is 7.11 Å². The van der Waals surface area contributed by atoms with Crippen molar-refractivity contribution in [3.8, 4) is 17.2 Å². The summed E-state index contributed by atoms with van der Waals surface area (Å²) in [5.74, 6) is 2.58. The molecular weight excluding hydrogens is 426 g/mol. The highest BCUT2D eigenvalue weighted by Crippen LogP contribution is 2.48. The van der Waals surface area contributed by atoms with Crippen LogP contribution in [0.2, 0.25) is 16.6 Å². The number of aryl methyl sites for hydroxylation is 1. The minimum atomic E-state index is -2.12. The van der Waals surface area contributed by atoms with Crippen LogP contribution in [-0.4, -0.2) is 26.0 Å². The first-order chi connectivity index (χ1) is 15.4. The minimum absolute atomic E-state index is 0.311. The van der Waals surface area contributed by atoms with Crippen molar-refractivity contribution in [1.29, 1.82) is 0 Å². The van der Waals surface area contributed by atoms with Gasteiger partial charge in [0, 0.05) is 16.3 Å². The summed E-state index contributed by atoms with van der Waals surface area (Å²) in [6.45, 7) is 20.1. The van der Waals surface area contributed by atoms with Gasteiger partial charge in [-0.3, -0.25) is 0 Å². The lowest BCUT2D eigenvalue weighted by Crippen LogP contribution is -2.50. The molecule has 0 amide bonds. The maximum atomic E-state index is 7.03. The molecule has 33 heavy (non-hydrogen) atoms. The zero-order valence-electron chi connectivity index (χ0n) is 21.8. The summed E-state index contributed by atoms with van der Waals surface area (Å²) in [6.07, 6.45) is 4.31. The van der Waals surface area contributed by atoms with Crippen molar-refractivity contribution in [3.63, 3.8) is 0 Å². The Morgan fingerprint density at radius 1 is 0.939 bits per heavy atom. The normalized spacial score (nSPS) is 15.5. The van der Waals surface area contributed by atoms with Crippen LogP contribution in [0.4, 0.5) is 0 Å². The fourth-order valence-electron chi connectivity index (χ4n) is 5.91. The van der Waals surface area contributed by atoms with E-state index in [0.717, 1.165) is 44.8 Å². The number of methoxy groups -OCH3 is 1. The van der Waals surface area contributed by atoms with Crippen molar-refractivity contribution < 1.29 is 13.9 Å². The topological polar surface area (TPSA) is 43.5 Å². The summed E-state index contributed by atoms with van der Waals surface area (Å²) >= 11 is 0. The van der Waals surface area contributed by atoms with E-state index in [0.29, 0.717) is 16.6 Å². The predicted octanol–water partition coefficient (Wildman–Crippen LogP) is 8.38. The highest BCUT2D eigenvalue weighted by atomic mass is 28.4. The number of hydrogen-bond donors (Lipinski definition) is 1. The van der Waals surface area contributed by atoms with Gasteiger partial charge < -0.3 is 18.9 Å². The number of nitrogens with one attached hydrogen (secondary N) is 1. The summed E-state index contributed by atoms with van der Waals surface area (Å²) < 4.78 is 19.4. The van der Waals surface area contributed by atoms with Crippen LogP contribution in [0.3, 0.4) is 0 Å². The van der Waals surface area contributed by atoms with Crippen molar-refractivity contribution in [2.24, 2.45) is 0 Å². The van der Waals surface area contributed by atoms with E-state index in [1.807, 2.05) is 0 Å². The van der Waals surface area contributed by atoms with Gasteiger partial charge in [0.15, 0.2) is 5.75 Å². The molecule has 0 saturated heterocycles. The first-order valence-corrected chi connectivity index (χ1v) is 14.3. The molecular formula is C28H39NO3Si. The Morgan fingerprint density at radius 3 is 2.15 bits per heavy atom. The van der Waals surface area contributed by atoms with Gasteiger partial charge in [-0.1, -0.05) is 41.5 Å². The molecule has 178 valence electrons. The molecule has 0 radical (unpaired) electrons. The third-order valence-corrected chi connectivity index (χ3v) is 13.4. The first-order valence-electron chi connectivity index (χ1n) is 12.2. The summed E-state index contributed by atoms with van der Waals surface area (Å²) in [5.41, 5.74) is 5.45. The largest absolute Gasteiger partial charge is 0.540 e. The Bertz CT molecular complexity index is 1210. The molecule has 0 fully saturated rings. The molecule has 3 aromatic rings. The zero-order chi connectivity index (χ0) is 24.3. The van der Waals surface area contributed by atoms with Crippen LogP contribution in [0.15, 0.2) is 24.3 Å². The predicted molar refractivity (Wildman–Crippen MR) is 143 cm³/mol. The van der Waals surface area contributed by atoms with Crippen LogP contribution in [0.1, 0.15) is 66.5 Å². The third kappa shape index (κ3) is 3.65. The van der Waals surface area contributed by atoms with E-state index in [2.05, 4.69) is 97.6 Å². The second-order valence-electron chi connectivity index (χ2n) is 11.0. The molecule has 4 rings (SSSR count). The van der Waals surface area contributed by atoms with E-state index in [-0.39, 0.29) is 5.60 Å². The fourth-order valence-corrected chi connectivity index (χ4v) is 11.2. The molecule has 0 unspecified atom stereocenters. The third-order valence-electron chi connectivity index (χ3n) is 7.38. The van der Waals surface area contributed by atoms with Gasteiger partial charge in [0.05, 0.1) is 18.1 Å². The molecule has 0 saturated carbocycles. The minimum Gasteiger partial charge on any atom is -0.540 e. The van der Waals surface area contributed by atoms with Gasteiger partial charge in [-0.25, -0.2) is 0 Å². The van der Waals surface area contributed by atoms with E-state index < -0.39 is 8.32 Å². The number of H-pyrrole nitrogens is 1. The Balaban J connectivity index is 1.95. The second kappa shape index (κ2) is 8.12. The van der Waals surface area contributed by atoms with Crippen molar-refractivity contribution in [3.05, 3.63) is 35.4 Å². The molecule has 5 heteroatoms. The zero-order valence-corrected chi connectivity index (χ0v) is 22.8. The van der Waals surface area contributed by atoms with Crippen LogP contribution in [0.5, 0.6) is 17.2 Å². The SMILES string of the molecule is COc1c(O[Si](C(C)C)(C(C)C)C(C)C)ccc2c1[nH]c1c3c(c(C)cc12)OC(C)(C)C=C3. The van der Waals surface area contributed by atoms with Gasteiger partial charge in [-0.2, -0.15) is 0 Å². The van der Waals surface area contributed by atoms with Gasteiger partial charge >= 0.3 is 0 Å². The molecule has 1 aliphatic rings. The molecule has 0 spiro atoms. The monoisotopic (exact) mass is 465 g/mol. The molecule has 0 aliphatic carbocycles. The van der Waals surface area contributed by atoms with Gasteiger partial charge in [0.1, 0.15) is 17.1 Å². The lowest BCUT2D eigenvalue weighted by molar-refractivity contribution is 0.158. The average Bonchev–Trinajstić information content (AvgIpc) is 3.08. The van der Waals surface area contributed by atoms with Crippen LogP contribution >= 0.6 is 0 Å². The standard InChI is InChI=1S/C28H39NO3Si/c1-16(2)33(17(3)4,18(5)6)32-23-12-11-20-22-15-19(7)26-21(13-14-28(8,9)31-26)24(22)29-25(20)27(23)30-10/h11-18,29H,1-10H3. The summed E-state index contributed by atoms with van der Waals surface area (Å²) in [5, 5.41) is 2.32. The number of ether oxygens (including phenoxy) is 2. The summed E-state index contributed by atoms with van der Waals surface area (Å²) in [4.78, 5) is 3.67. The first kappa shape index (κ1) is 23.7. The number of aromatic amines is 1. The van der Waals surface area contributed by atoms with E-state index in [1.165, 1.54) is 5.39 Å². The number of fused-ring (bicyclic) bond motifs is 5. The van der Waals surface area contributed by atoms with Crippen molar-refractivity contribution in [1.82, 2.24) is 4.98 Å². The molecule has 2 heterocycles. The summed E-state index contributed by atoms with van der Waals surface area (Å²) in [7, 11) is -0.377. The fraction of sp³-hybridized carbons (Fsp3) is 0.500. The number of hydrogen-bond acceptors (Lipinski definition) is 3. The quantitative estimate of drug-likeness (QED) is 0.372. The van der Waals surface area contributed by atoms with Crippen molar-refractivity contribution in [2.75, 3.05) is 7.11 Å². The number of aromatic nitrogens is 1. The lowest BCUT2D eigenvalue weighted by Gasteiger charge is -2.42. The Morgan fingerprint density at radius 2 is 1.58 bits per heavy atom. The lowest BCUT2D eigenvalue weighted by atomic mass is 9.97. The molecule has 1 N–H and O–H groups in total. The van der Waals surface area contributed by atoms with Gasteiger partial charge in [-0.15, -0.1) is 0 Å². The molecule has 0 atom stereocenters. The van der Waals surface area contributed by atoms with Crippen molar-refractivity contribution in [2.45, 2.75) is 84.5 Å². The van der Waals surface area contributed by atoms with Gasteiger partial charge in [0.2, 0.25) is 0 Å². The number of rotatable bonds is 6. The van der Waals surface area contributed by atoms with Crippen LogP contribution in [-0.2, 0) is 0 Å². The number of benzene rings is 2. The van der Waals surface area contributed by atoms with Crippen molar-refractivity contribution >= 4 is 36.2 Å². The Hall–Kier alpha value is -2.40. The molecule has 0 bridgehead atoms. The van der Waals surface area contributed by atoms with Crippen LogP contribution < -0.4 is 13.9 Å². The average molecular weight is 466 g/mol. The molecule has 1 aromatic heterocycles. The van der Waals surface area contributed by atoms with E-state index in [9.17, 15) is 0 Å². The molecule has 1 aliphatic heterocycles. The maximum Gasteiger partial charge on any atom is 0.258 e. The van der Waals surface area contributed by atoms with Crippen LogP contribution in [0.25, 0.3) is 27.9 Å². The Kier molecular flexibility index (Phi) is 5.84. The second-order valence-corrected chi connectivity index (χ2v) is 16.3. The van der Waals surface area contributed by atoms with E-state index >= 15 is 0 Å². The van der Waals surface area contributed by atoms with Crippen LogP contribution in [0, 0.1) is 6.92 Å².